The number of benzene rings is 2. The second-order valence-corrected chi connectivity index (χ2v) is 5.67. The summed E-state index contributed by atoms with van der Waals surface area (Å²) in [5.74, 6) is 1.11. The molecule has 0 atom stereocenters. The molecule has 7 heteroatoms. The van der Waals surface area contributed by atoms with Crippen LogP contribution in [-0.4, -0.2) is 33.2 Å². The largest absolute Gasteiger partial charge is 0.496 e. The maximum absolute atomic E-state index is 12.2. The van der Waals surface area contributed by atoms with E-state index in [1.807, 2.05) is 0 Å². The van der Waals surface area contributed by atoms with Crippen molar-refractivity contribution in [2.24, 2.45) is 4.99 Å². The van der Waals surface area contributed by atoms with Gasteiger partial charge < -0.3 is 18.9 Å². The minimum atomic E-state index is -0.572. The number of hydrogen-bond acceptors (Lipinski definition) is 6. The molecule has 3 rings (SSSR count). The van der Waals surface area contributed by atoms with Crippen molar-refractivity contribution >= 4 is 29.5 Å². The number of esters is 1. The Morgan fingerprint density at radius 3 is 2.31 bits per heavy atom. The van der Waals surface area contributed by atoms with Crippen LogP contribution >= 0.6 is 11.6 Å². The van der Waals surface area contributed by atoms with E-state index in [1.165, 1.54) is 21.3 Å². The van der Waals surface area contributed by atoms with Crippen LogP contribution in [0.5, 0.6) is 17.2 Å². The molecule has 0 aliphatic carbocycles. The SMILES string of the molecule is COc1cc(OC)c(OC)cc1/C=C1\N=C(c2ccccc2Cl)OC1=O. The third kappa shape index (κ3) is 3.36. The number of ether oxygens (including phenoxy) is 4. The van der Waals surface area contributed by atoms with Crippen LogP contribution in [0.2, 0.25) is 5.02 Å². The van der Waals surface area contributed by atoms with Crippen LogP contribution in [0.1, 0.15) is 11.1 Å². The lowest BCUT2D eigenvalue weighted by Crippen LogP contribution is -2.05. The summed E-state index contributed by atoms with van der Waals surface area (Å²) in [4.78, 5) is 16.5. The number of halogens is 1. The molecule has 26 heavy (non-hydrogen) atoms. The minimum absolute atomic E-state index is 0.130. The molecule has 134 valence electrons. The molecule has 0 saturated heterocycles. The van der Waals surface area contributed by atoms with Gasteiger partial charge in [-0.15, -0.1) is 0 Å². The smallest absolute Gasteiger partial charge is 0.363 e. The minimum Gasteiger partial charge on any atom is -0.496 e. The third-order valence-corrected chi connectivity index (χ3v) is 4.08. The maximum atomic E-state index is 12.2. The first kappa shape index (κ1) is 17.8. The van der Waals surface area contributed by atoms with Gasteiger partial charge in [-0.2, -0.15) is 0 Å². The second-order valence-electron chi connectivity index (χ2n) is 5.27. The van der Waals surface area contributed by atoms with Gasteiger partial charge in [0.05, 0.1) is 31.9 Å². The van der Waals surface area contributed by atoms with Gasteiger partial charge in [0.15, 0.2) is 17.2 Å². The number of cyclic esters (lactones) is 1. The second kappa shape index (κ2) is 7.49. The van der Waals surface area contributed by atoms with E-state index >= 15 is 0 Å². The van der Waals surface area contributed by atoms with Crippen LogP contribution in [0.15, 0.2) is 47.1 Å². The highest BCUT2D eigenvalue weighted by molar-refractivity contribution is 6.34. The lowest BCUT2D eigenvalue weighted by Gasteiger charge is -2.12. The fourth-order valence-electron chi connectivity index (χ4n) is 2.47. The topological polar surface area (TPSA) is 66.3 Å². The van der Waals surface area contributed by atoms with E-state index < -0.39 is 5.97 Å². The number of aliphatic imine (C=N–C) groups is 1. The first-order valence-corrected chi connectivity index (χ1v) is 8.02. The van der Waals surface area contributed by atoms with Gasteiger partial charge in [0.1, 0.15) is 5.75 Å². The molecule has 0 radical (unpaired) electrons. The van der Waals surface area contributed by atoms with Gasteiger partial charge in [-0.05, 0) is 24.3 Å². The Morgan fingerprint density at radius 1 is 1.00 bits per heavy atom. The maximum Gasteiger partial charge on any atom is 0.363 e. The molecule has 0 amide bonds. The van der Waals surface area contributed by atoms with Crippen molar-refractivity contribution < 1.29 is 23.7 Å². The molecule has 0 unspecified atom stereocenters. The summed E-state index contributed by atoms with van der Waals surface area (Å²) in [7, 11) is 4.58. The number of rotatable bonds is 5. The zero-order valence-corrected chi connectivity index (χ0v) is 15.2. The summed E-state index contributed by atoms with van der Waals surface area (Å²) in [5.41, 5.74) is 1.27. The fraction of sp³-hybridized carbons (Fsp3) is 0.158. The quantitative estimate of drug-likeness (QED) is 0.590. The van der Waals surface area contributed by atoms with Crippen LogP contribution in [0, 0.1) is 0 Å². The van der Waals surface area contributed by atoms with Crippen LogP contribution in [0.3, 0.4) is 0 Å². The van der Waals surface area contributed by atoms with Crippen molar-refractivity contribution in [2.75, 3.05) is 21.3 Å². The fourth-order valence-corrected chi connectivity index (χ4v) is 2.69. The van der Waals surface area contributed by atoms with E-state index in [1.54, 1.807) is 42.5 Å². The van der Waals surface area contributed by atoms with E-state index in [9.17, 15) is 4.79 Å². The number of carbonyl (C=O) groups is 1. The standard InChI is InChI=1S/C19H16ClNO5/c1-23-15-10-17(25-3)16(24-2)9-11(15)8-14-19(22)26-18(21-14)12-6-4-5-7-13(12)20/h4-10H,1-3H3/b14-8-. The van der Waals surface area contributed by atoms with Gasteiger partial charge in [-0.1, -0.05) is 23.7 Å². The zero-order valence-electron chi connectivity index (χ0n) is 14.4. The Labute approximate surface area is 155 Å². The third-order valence-electron chi connectivity index (χ3n) is 3.75. The lowest BCUT2D eigenvalue weighted by molar-refractivity contribution is -0.129. The molecule has 0 bridgehead atoms. The summed E-state index contributed by atoms with van der Waals surface area (Å²) in [5, 5.41) is 0.448. The van der Waals surface area contributed by atoms with Gasteiger partial charge in [0, 0.05) is 11.6 Å². The number of hydrogen-bond donors (Lipinski definition) is 0. The van der Waals surface area contributed by atoms with E-state index in [-0.39, 0.29) is 11.6 Å². The Kier molecular flexibility index (Phi) is 5.14. The Morgan fingerprint density at radius 2 is 1.65 bits per heavy atom. The highest BCUT2D eigenvalue weighted by Crippen LogP contribution is 2.36. The van der Waals surface area contributed by atoms with Crippen molar-refractivity contribution in [3.8, 4) is 17.2 Å². The van der Waals surface area contributed by atoms with Crippen molar-refractivity contribution in [1.82, 2.24) is 0 Å². The van der Waals surface area contributed by atoms with Gasteiger partial charge in [0.25, 0.3) is 0 Å². The van der Waals surface area contributed by atoms with Crippen LogP contribution in [-0.2, 0) is 9.53 Å². The van der Waals surface area contributed by atoms with E-state index in [4.69, 9.17) is 30.5 Å². The molecule has 6 nitrogen and oxygen atoms in total. The Balaban J connectivity index is 2.04. The lowest BCUT2D eigenvalue weighted by atomic mass is 10.1. The van der Waals surface area contributed by atoms with Crippen LogP contribution < -0.4 is 14.2 Å². The van der Waals surface area contributed by atoms with Crippen LogP contribution in [0.25, 0.3) is 6.08 Å². The summed E-state index contributed by atoms with van der Waals surface area (Å²) in [6, 6.07) is 10.4. The predicted molar refractivity (Wildman–Crippen MR) is 98.2 cm³/mol. The highest BCUT2D eigenvalue weighted by Gasteiger charge is 2.26. The molecular formula is C19H16ClNO5. The van der Waals surface area contributed by atoms with E-state index in [0.717, 1.165) is 0 Å². The summed E-state index contributed by atoms with van der Waals surface area (Å²) in [6.07, 6.45) is 1.56. The van der Waals surface area contributed by atoms with Crippen molar-refractivity contribution in [3.05, 3.63) is 58.2 Å². The molecule has 2 aromatic carbocycles. The molecule has 0 N–H and O–H groups in total. The molecule has 0 fully saturated rings. The monoisotopic (exact) mass is 373 g/mol. The van der Waals surface area contributed by atoms with Gasteiger partial charge in [-0.3, -0.25) is 0 Å². The Hall–Kier alpha value is -2.99. The highest BCUT2D eigenvalue weighted by atomic mass is 35.5. The molecule has 0 saturated carbocycles. The van der Waals surface area contributed by atoms with Crippen molar-refractivity contribution in [1.29, 1.82) is 0 Å². The van der Waals surface area contributed by atoms with Gasteiger partial charge in [0.2, 0.25) is 5.90 Å². The van der Waals surface area contributed by atoms with E-state index in [2.05, 4.69) is 4.99 Å². The van der Waals surface area contributed by atoms with Gasteiger partial charge >= 0.3 is 5.97 Å². The van der Waals surface area contributed by atoms with Crippen molar-refractivity contribution in [3.63, 3.8) is 0 Å². The van der Waals surface area contributed by atoms with Crippen molar-refractivity contribution in [2.45, 2.75) is 0 Å². The summed E-state index contributed by atoms with van der Waals surface area (Å²) < 4.78 is 21.2. The number of carbonyl (C=O) groups excluding carboxylic acids is 1. The normalized spacial score (nSPS) is 14.8. The zero-order chi connectivity index (χ0) is 18.7. The molecule has 1 aliphatic heterocycles. The predicted octanol–water partition coefficient (Wildman–Crippen LogP) is 3.71. The first-order chi connectivity index (χ1) is 12.6. The molecule has 2 aromatic rings. The summed E-state index contributed by atoms with van der Waals surface area (Å²) in [6.45, 7) is 0. The van der Waals surface area contributed by atoms with Crippen LogP contribution in [0.4, 0.5) is 0 Å². The molecule has 0 aromatic heterocycles. The first-order valence-electron chi connectivity index (χ1n) is 7.65. The van der Waals surface area contributed by atoms with E-state index in [0.29, 0.717) is 33.4 Å². The number of methoxy groups -OCH3 is 3. The Bertz CT molecular complexity index is 920. The molecule has 1 aliphatic rings. The molecular weight excluding hydrogens is 358 g/mol. The molecule has 0 spiro atoms. The van der Waals surface area contributed by atoms with Gasteiger partial charge in [-0.25, -0.2) is 9.79 Å². The number of nitrogens with zero attached hydrogens (tertiary/aromatic N) is 1. The average molecular weight is 374 g/mol. The summed E-state index contributed by atoms with van der Waals surface area (Å²) >= 11 is 6.14. The molecule has 1 heterocycles. The average Bonchev–Trinajstić information content (AvgIpc) is 3.01.